The number of nitrogens with one attached hydrogen (secondary N) is 1. The van der Waals surface area contributed by atoms with Crippen LogP contribution in [0.15, 0.2) is 79.4 Å². The van der Waals surface area contributed by atoms with E-state index in [4.69, 9.17) is 17.0 Å². The first-order valence-electron chi connectivity index (χ1n) is 10.5. The summed E-state index contributed by atoms with van der Waals surface area (Å²) in [4.78, 5) is 15.5. The van der Waals surface area contributed by atoms with Gasteiger partial charge in [0, 0.05) is 11.4 Å². The molecule has 2 aliphatic rings. The highest BCUT2D eigenvalue weighted by atomic mass is 35.5. The van der Waals surface area contributed by atoms with E-state index in [1.54, 1.807) is 11.0 Å². The number of rotatable bonds is 5. The van der Waals surface area contributed by atoms with Gasteiger partial charge in [0.05, 0.1) is 11.1 Å². The Kier molecular flexibility index (Phi) is 4.79. The van der Waals surface area contributed by atoms with Crippen molar-refractivity contribution in [2.45, 2.75) is 24.7 Å². The van der Waals surface area contributed by atoms with Crippen molar-refractivity contribution in [3.05, 3.63) is 95.5 Å². The molecule has 3 nitrogen and oxygen atoms in total. The molecule has 0 bridgehead atoms. The number of nitrogens with zero attached hydrogens (tertiary/aromatic N) is 1. The van der Waals surface area contributed by atoms with Crippen LogP contribution in [0.25, 0.3) is 17.2 Å². The van der Waals surface area contributed by atoms with E-state index >= 15 is 0 Å². The zero-order chi connectivity index (χ0) is 21.6. The molecule has 1 aliphatic heterocycles. The molecule has 1 unspecified atom stereocenters. The quantitative estimate of drug-likeness (QED) is 0.484. The van der Waals surface area contributed by atoms with Gasteiger partial charge in [-0.15, -0.1) is 0 Å². The lowest BCUT2D eigenvalue weighted by molar-refractivity contribution is -0.122. The highest BCUT2D eigenvalue weighted by Crippen LogP contribution is 2.54. The van der Waals surface area contributed by atoms with Crippen molar-refractivity contribution in [1.82, 2.24) is 0 Å². The number of hydrogen-bond donors (Lipinski definition) is 1. The van der Waals surface area contributed by atoms with Crippen molar-refractivity contribution in [2.75, 3.05) is 4.90 Å². The van der Waals surface area contributed by atoms with Crippen LogP contribution < -0.4 is 4.90 Å². The van der Waals surface area contributed by atoms with E-state index in [2.05, 4.69) is 12.6 Å². The molecule has 1 amide bonds. The standard InChI is InChI=1S/C27H23ClN2O/c1-2-18-9-13-24(14-10-18)30-25(29)17-27(26(30)31,21-11-12-21)22-7-3-5-19(15-22)20-6-4-8-23(28)16-20/h2-10,13-16,21,29H,1,11-12,17H2. The summed E-state index contributed by atoms with van der Waals surface area (Å²) in [5.74, 6) is 0.637. The highest BCUT2D eigenvalue weighted by Gasteiger charge is 2.59. The van der Waals surface area contributed by atoms with E-state index in [0.717, 1.165) is 40.8 Å². The van der Waals surface area contributed by atoms with Crippen molar-refractivity contribution in [3.8, 4) is 11.1 Å². The summed E-state index contributed by atoms with van der Waals surface area (Å²) in [5.41, 5.74) is 4.11. The van der Waals surface area contributed by atoms with E-state index in [1.807, 2.05) is 66.7 Å². The minimum absolute atomic E-state index is 0.00889. The number of carbonyl (C=O) groups excluding carboxylic acids is 1. The molecule has 4 heteroatoms. The van der Waals surface area contributed by atoms with Gasteiger partial charge >= 0.3 is 0 Å². The maximum Gasteiger partial charge on any atom is 0.243 e. The second-order valence-corrected chi connectivity index (χ2v) is 8.83. The molecule has 2 fully saturated rings. The van der Waals surface area contributed by atoms with Gasteiger partial charge in [-0.1, -0.05) is 72.8 Å². The molecule has 5 rings (SSSR count). The van der Waals surface area contributed by atoms with Crippen LogP contribution in [-0.2, 0) is 10.2 Å². The Morgan fingerprint density at radius 3 is 2.32 bits per heavy atom. The fraction of sp³-hybridized carbons (Fsp3) is 0.185. The Morgan fingerprint density at radius 2 is 1.68 bits per heavy atom. The number of halogens is 1. The number of carbonyl (C=O) groups is 1. The van der Waals surface area contributed by atoms with Gasteiger partial charge in [-0.05, 0) is 65.3 Å². The third-order valence-corrected chi connectivity index (χ3v) is 6.73. The normalized spacial score (nSPS) is 20.9. The fourth-order valence-electron chi connectivity index (χ4n) is 4.77. The van der Waals surface area contributed by atoms with E-state index in [1.165, 1.54) is 0 Å². The van der Waals surface area contributed by atoms with Gasteiger partial charge < -0.3 is 0 Å². The third kappa shape index (κ3) is 3.30. The zero-order valence-electron chi connectivity index (χ0n) is 17.1. The van der Waals surface area contributed by atoms with E-state index < -0.39 is 5.41 Å². The molecule has 0 aromatic heterocycles. The van der Waals surface area contributed by atoms with Crippen LogP contribution in [0.5, 0.6) is 0 Å². The molecule has 0 spiro atoms. The molecular formula is C27H23ClN2O. The maximum atomic E-state index is 13.9. The van der Waals surface area contributed by atoms with E-state index in [0.29, 0.717) is 17.3 Å². The minimum atomic E-state index is -0.678. The SMILES string of the molecule is C=Cc1ccc(N2C(=N)CC(c3cccc(-c4cccc(Cl)c4)c3)(C3CC3)C2=O)cc1. The smallest absolute Gasteiger partial charge is 0.243 e. The minimum Gasteiger partial charge on any atom is -0.288 e. The van der Waals surface area contributed by atoms with Crippen molar-refractivity contribution >= 4 is 35.1 Å². The number of hydrogen-bond acceptors (Lipinski definition) is 2. The summed E-state index contributed by atoms with van der Waals surface area (Å²) in [7, 11) is 0. The summed E-state index contributed by atoms with van der Waals surface area (Å²) in [5, 5.41) is 9.40. The van der Waals surface area contributed by atoms with Gasteiger partial charge in [0.1, 0.15) is 5.84 Å². The molecule has 1 saturated carbocycles. The van der Waals surface area contributed by atoms with Crippen LogP contribution in [0.2, 0.25) is 5.02 Å². The van der Waals surface area contributed by atoms with Gasteiger partial charge in [-0.25, -0.2) is 0 Å². The number of anilines is 1. The Balaban J connectivity index is 1.58. The molecule has 3 aromatic rings. The average molecular weight is 427 g/mol. The van der Waals surface area contributed by atoms with Crippen molar-refractivity contribution in [3.63, 3.8) is 0 Å². The summed E-state index contributed by atoms with van der Waals surface area (Å²) in [6, 6.07) is 23.6. The number of amidine groups is 1. The molecule has 0 radical (unpaired) electrons. The predicted molar refractivity (Wildman–Crippen MR) is 128 cm³/mol. The Labute approximate surface area is 187 Å². The fourth-order valence-corrected chi connectivity index (χ4v) is 4.96. The number of benzene rings is 3. The van der Waals surface area contributed by atoms with E-state index in [-0.39, 0.29) is 11.8 Å². The third-order valence-electron chi connectivity index (χ3n) is 6.50. The van der Waals surface area contributed by atoms with Crippen LogP contribution in [0.3, 0.4) is 0 Å². The summed E-state index contributed by atoms with van der Waals surface area (Å²) < 4.78 is 0. The molecular weight excluding hydrogens is 404 g/mol. The first kappa shape index (κ1) is 19.8. The highest BCUT2D eigenvalue weighted by molar-refractivity contribution is 6.30. The predicted octanol–water partition coefficient (Wildman–Crippen LogP) is 6.71. The Morgan fingerprint density at radius 1 is 1.00 bits per heavy atom. The summed E-state index contributed by atoms with van der Waals surface area (Å²) >= 11 is 6.21. The molecule has 31 heavy (non-hydrogen) atoms. The van der Waals surface area contributed by atoms with Gasteiger partial charge in [-0.3, -0.25) is 15.1 Å². The lowest BCUT2D eigenvalue weighted by atomic mass is 9.73. The molecule has 1 saturated heterocycles. The molecule has 1 N–H and O–H groups in total. The second-order valence-electron chi connectivity index (χ2n) is 8.40. The van der Waals surface area contributed by atoms with Crippen molar-refractivity contribution in [1.29, 1.82) is 5.41 Å². The Hall–Kier alpha value is -3.17. The van der Waals surface area contributed by atoms with Crippen molar-refractivity contribution < 1.29 is 4.79 Å². The largest absolute Gasteiger partial charge is 0.288 e. The second kappa shape index (κ2) is 7.51. The van der Waals surface area contributed by atoms with Crippen molar-refractivity contribution in [2.24, 2.45) is 5.92 Å². The molecule has 154 valence electrons. The number of amides is 1. The van der Waals surface area contributed by atoms with Gasteiger partial charge in [0.25, 0.3) is 0 Å². The molecule has 1 atom stereocenters. The first-order valence-corrected chi connectivity index (χ1v) is 10.9. The lowest BCUT2D eigenvalue weighted by Gasteiger charge is -2.28. The van der Waals surface area contributed by atoms with Crippen LogP contribution in [0, 0.1) is 11.3 Å². The van der Waals surface area contributed by atoms with E-state index in [9.17, 15) is 4.79 Å². The monoisotopic (exact) mass is 426 g/mol. The van der Waals surface area contributed by atoms with Crippen LogP contribution in [-0.4, -0.2) is 11.7 Å². The van der Waals surface area contributed by atoms with Crippen LogP contribution in [0.1, 0.15) is 30.4 Å². The molecule has 1 heterocycles. The van der Waals surface area contributed by atoms with Crippen LogP contribution in [0.4, 0.5) is 5.69 Å². The lowest BCUT2D eigenvalue weighted by Crippen LogP contribution is -2.40. The Bertz CT molecular complexity index is 1200. The average Bonchev–Trinajstić information content (AvgIpc) is 3.60. The molecule has 3 aromatic carbocycles. The molecule has 1 aliphatic carbocycles. The first-order chi connectivity index (χ1) is 15.0. The van der Waals surface area contributed by atoms with Crippen LogP contribution >= 0.6 is 11.6 Å². The zero-order valence-corrected chi connectivity index (χ0v) is 17.9. The maximum absolute atomic E-state index is 13.9. The van der Waals surface area contributed by atoms with Gasteiger partial charge in [0.2, 0.25) is 5.91 Å². The summed E-state index contributed by atoms with van der Waals surface area (Å²) in [6.45, 7) is 3.79. The summed E-state index contributed by atoms with van der Waals surface area (Å²) in [6.07, 6.45) is 4.24. The topological polar surface area (TPSA) is 44.2 Å². The van der Waals surface area contributed by atoms with Gasteiger partial charge in [-0.2, -0.15) is 0 Å². The van der Waals surface area contributed by atoms with Gasteiger partial charge in [0.15, 0.2) is 0 Å².